The van der Waals surface area contributed by atoms with Crippen LogP contribution in [-0.2, 0) is 9.84 Å². The van der Waals surface area contributed by atoms with Crippen molar-refractivity contribution >= 4 is 27.3 Å². The third-order valence-corrected chi connectivity index (χ3v) is 5.10. The van der Waals surface area contributed by atoms with Crippen molar-refractivity contribution in [3.8, 4) is 0 Å². The Morgan fingerprint density at radius 3 is 2.72 bits per heavy atom. The number of hydrogen-bond donors (Lipinski definition) is 1. The Morgan fingerprint density at radius 2 is 2.17 bits per heavy atom. The Hall–Kier alpha value is -1.14. The molecule has 0 saturated carbocycles. The predicted molar refractivity (Wildman–Crippen MR) is 68.5 cm³/mol. The van der Waals surface area contributed by atoms with E-state index in [1.54, 1.807) is 25.1 Å². The van der Waals surface area contributed by atoms with E-state index in [-0.39, 0.29) is 17.2 Å². The van der Waals surface area contributed by atoms with Crippen LogP contribution in [0.3, 0.4) is 0 Å². The van der Waals surface area contributed by atoms with E-state index in [4.69, 9.17) is 11.6 Å². The van der Waals surface area contributed by atoms with Gasteiger partial charge in [0.15, 0.2) is 9.84 Å². The van der Waals surface area contributed by atoms with E-state index in [0.29, 0.717) is 0 Å². The van der Waals surface area contributed by atoms with Gasteiger partial charge in [-0.1, -0.05) is 6.07 Å². The maximum absolute atomic E-state index is 11.9. The Balaban J connectivity index is 2.09. The second-order valence-corrected chi connectivity index (χ2v) is 7.05. The number of sulfone groups is 1. The highest BCUT2D eigenvalue weighted by atomic mass is 35.5. The summed E-state index contributed by atoms with van der Waals surface area (Å²) in [6.07, 6.45) is 0. The predicted octanol–water partition coefficient (Wildman–Crippen LogP) is 0.524. The van der Waals surface area contributed by atoms with Crippen LogP contribution in [0.15, 0.2) is 18.2 Å². The van der Waals surface area contributed by atoms with Gasteiger partial charge in [-0.15, -0.1) is 11.6 Å². The Morgan fingerprint density at radius 1 is 1.44 bits per heavy atom. The first-order valence-electron chi connectivity index (χ1n) is 5.46. The Bertz CT molecular complexity index is 573. The number of hydrogen-bond acceptors (Lipinski definition) is 4. The van der Waals surface area contributed by atoms with Gasteiger partial charge in [0.05, 0.1) is 22.9 Å². The second kappa shape index (κ2) is 4.85. The quantitative estimate of drug-likeness (QED) is 0.805. The highest BCUT2D eigenvalue weighted by Gasteiger charge is 2.37. The van der Waals surface area contributed by atoms with Crippen LogP contribution < -0.4 is 5.32 Å². The molecule has 0 aromatic carbocycles. The number of nitrogens with zero attached hydrogens (tertiary/aromatic N) is 1. The zero-order valence-electron chi connectivity index (χ0n) is 9.76. The molecule has 18 heavy (non-hydrogen) atoms. The molecule has 2 atom stereocenters. The Labute approximate surface area is 110 Å². The van der Waals surface area contributed by atoms with Crippen LogP contribution in [0.1, 0.15) is 16.2 Å². The van der Waals surface area contributed by atoms with E-state index < -0.39 is 27.2 Å². The molecule has 0 spiro atoms. The normalized spacial score (nSPS) is 25.9. The molecule has 2 heterocycles. The zero-order chi connectivity index (χ0) is 13.3. The zero-order valence-corrected chi connectivity index (χ0v) is 11.3. The van der Waals surface area contributed by atoms with Crippen LogP contribution in [0.5, 0.6) is 0 Å². The molecular formula is C11H13ClN2O3S. The lowest BCUT2D eigenvalue weighted by Gasteiger charge is -2.13. The lowest BCUT2D eigenvalue weighted by Crippen LogP contribution is -2.41. The van der Waals surface area contributed by atoms with Gasteiger partial charge in [-0.25, -0.2) is 13.4 Å². The van der Waals surface area contributed by atoms with Crippen LogP contribution in [-0.4, -0.2) is 42.2 Å². The largest absolute Gasteiger partial charge is 0.345 e. The van der Waals surface area contributed by atoms with Crippen LogP contribution >= 0.6 is 11.6 Å². The van der Waals surface area contributed by atoms with Crippen molar-refractivity contribution in [2.75, 3.05) is 11.5 Å². The van der Waals surface area contributed by atoms with Crippen molar-refractivity contribution in [3.63, 3.8) is 0 Å². The molecular weight excluding hydrogens is 276 g/mol. The minimum Gasteiger partial charge on any atom is -0.345 e. The summed E-state index contributed by atoms with van der Waals surface area (Å²) < 4.78 is 22.7. The average Bonchev–Trinajstić information content (AvgIpc) is 2.51. The van der Waals surface area contributed by atoms with Crippen LogP contribution in [0.25, 0.3) is 0 Å². The fourth-order valence-corrected chi connectivity index (χ4v) is 4.40. The standard InChI is InChI=1S/C11H13ClN2O3S/c1-7-3-2-4-9(13-7)11(15)14-10-6-18(16,17)5-8(10)12/h2-4,8,10H,5-6H2,1H3,(H,14,15). The summed E-state index contributed by atoms with van der Waals surface area (Å²) in [5.41, 5.74) is 0.993. The average molecular weight is 289 g/mol. The molecule has 5 nitrogen and oxygen atoms in total. The molecule has 1 aromatic rings. The number of aromatic nitrogens is 1. The van der Waals surface area contributed by atoms with Gasteiger partial charge in [-0.05, 0) is 19.1 Å². The third kappa shape index (κ3) is 3.00. The summed E-state index contributed by atoms with van der Waals surface area (Å²) in [6.45, 7) is 1.78. The lowest BCUT2D eigenvalue weighted by atomic mass is 10.2. The minimum absolute atomic E-state index is 0.0965. The summed E-state index contributed by atoms with van der Waals surface area (Å²) in [6, 6.07) is 4.53. The van der Waals surface area contributed by atoms with E-state index in [0.717, 1.165) is 5.69 Å². The molecule has 0 bridgehead atoms. The monoisotopic (exact) mass is 288 g/mol. The maximum atomic E-state index is 11.9. The summed E-state index contributed by atoms with van der Waals surface area (Å²) in [5.74, 6) is -0.606. The number of carbonyl (C=O) groups excluding carboxylic acids is 1. The molecule has 2 rings (SSSR count). The molecule has 7 heteroatoms. The molecule has 2 unspecified atom stereocenters. The summed E-state index contributed by atoms with van der Waals surface area (Å²) >= 11 is 5.91. The number of rotatable bonds is 2. The molecule has 1 N–H and O–H groups in total. The van der Waals surface area contributed by atoms with E-state index in [2.05, 4.69) is 10.3 Å². The second-order valence-electron chi connectivity index (χ2n) is 4.34. The number of halogens is 1. The van der Waals surface area contributed by atoms with E-state index in [9.17, 15) is 13.2 Å². The molecule has 1 aliphatic rings. The molecule has 1 saturated heterocycles. The molecule has 1 fully saturated rings. The van der Waals surface area contributed by atoms with Crippen molar-refractivity contribution in [3.05, 3.63) is 29.6 Å². The summed E-state index contributed by atoms with van der Waals surface area (Å²) in [4.78, 5) is 16.0. The first kappa shape index (κ1) is 13.3. The minimum atomic E-state index is -3.15. The highest BCUT2D eigenvalue weighted by Crippen LogP contribution is 2.18. The van der Waals surface area contributed by atoms with Crippen LogP contribution in [0.4, 0.5) is 0 Å². The van der Waals surface area contributed by atoms with Gasteiger partial charge in [0.1, 0.15) is 5.69 Å². The molecule has 1 amide bonds. The van der Waals surface area contributed by atoms with E-state index in [1.165, 1.54) is 0 Å². The fraction of sp³-hybridized carbons (Fsp3) is 0.455. The first-order valence-corrected chi connectivity index (χ1v) is 7.72. The van der Waals surface area contributed by atoms with E-state index in [1.807, 2.05) is 0 Å². The maximum Gasteiger partial charge on any atom is 0.270 e. The highest BCUT2D eigenvalue weighted by molar-refractivity contribution is 7.91. The molecule has 1 aliphatic heterocycles. The number of amides is 1. The van der Waals surface area contributed by atoms with Gasteiger partial charge in [0.2, 0.25) is 0 Å². The fourth-order valence-electron chi connectivity index (χ4n) is 1.85. The molecule has 0 radical (unpaired) electrons. The van der Waals surface area contributed by atoms with Gasteiger partial charge < -0.3 is 5.32 Å². The molecule has 0 aliphatic carbocycles. The summed E-state index contributed by atoms with van der Waals surface area (Å²) in [5, 5.41) is 2.04. The summed E-state index contributed by atoms with van der Waals surface area (Å²) in [7, 11) is -3.15. The number of alkyl halides is 1. The first-order chi connectivity index (χ1) is 8.37. The van der Waals surface area contributed by atoms with Crippen molar-refractivity contribution in [2.45, 2.75) is 18.3 Å². The van der Waals surface area contributed by atoms with Crippen molar-refractivity contribution in [2.24, 2.45) is 0 Å². The lowest BCUT2D eigenvalue weighted by molar-refractivity contribution is 0.0936. The number of carbonyl (C=O) groups is 1. The van der Waals surface area contributed by atoms with Crippen molar-refractivity contribution in [1.29, 1.82) is 0 Å². The number of aryl methyl sites for hydroxylation is 1. The molecule has 98 valence electrons. The number of pyridine rings is 1. The smallest absolute Gasteiger partial charge is 0.270 e. The molecule has 1 aromatic heterocycles. The van der Waals surface area contributed by atoms with E-state index >= 15 is 0 Å². The topological polar surface area (TPSA) is 76.1 Å². The number of nitrogens with one attached hydrogen (secondary N) is 1. The van der Waals surface area contributed by atoms with Crippen LogP contribution in [0.2, 0.25) is 0 Å². The van der Waals surface area contributed by atoms with Crippen LogP contribution in [0, 0.1) is 6.92 Å². The van der Waals surface area contributed by atoms with Gasteiger partial charge in [0.25, 0.3) is 5.91 Å². The SMILES string of the molecule is Cc1cccc(C(=O)NC2CS(=O)(=O)CC2Cl)n1. The van der Waals surface area contributed by atoms with Crippen molar-refractivity contribution in [1.82, 2.24) is 10.3 Å². The third-order valence-electron chi connectivity index (χ3n) is 2.72. The van der Waals surface area contributed by atoms with Gasteiger partial charge in [-0.3, -0.25) is 4.79 Å². The van der Waals surface area contributed by atoms with Gasteiger partial charge >= 0.3 is 0 Å². The Kier molecular flexibility index (Phi) is 3.59. The van der Waals surface area contributed by atoms with Crippen molar-refractivity contribution < 1.29 is 13.2 Å². The van der Waals surface area contributed by atoms with Gasteiger partial charge in [0, 0.05) is 5.69 Å². The van der Waals surface area contributed by atoms with Gasteiger partial charge in [-0.2, -0.15) is 0 Å².